The standard InChI is InChI=1S/C42H85N9O5/c43-30-20-17-25-35(46)41(55)48-33-23-13-9-5-1-4-8-12-16-29-39(53)51-37(27-19-22-32-45)42(56)49-34-24-14-10-6-2-3-7-11-15-28-38(52)50-36(40(47)54)26-18-21-31-44/h35-37H,1-34,43-46H2,(H2,47,54)(H,48,55)(H,49,56)(H,50,52)(H,51,53)/t35-,36-,37-/m0/s1. The highest BCUT2D eigenvalue weighted by Gasteiger charge is 2.20. The summed E-state index contributed by atoms with van der Waals surface area (Å²) >= 11 is 0. The van der Waals surface area contributed by atoms with Crippen molar-refractivity contribution in [2.45, 2.75) is 204 Å². The highest BCUT2D eigenvalue weighted by Crippen LogP contribution is 2.13. The molecule has 14 nitrogen and oxygen atoms in total. The monoisotopic (exact) mass is 796 g/mol. The van der Waals surface area contributed by atoms with Crippen LogP contribution in [0.4, 0.5) is 0 Å². The second-order valence-corrected chi connectivity index (χ2v) is 15.5. The van der Waals surface area contributed by atoms with Gasteiger partial charge in [0.1, 0.15) is 12.1 Å². The highest BCUT2D eigenvalue weighted by molar-refractivity contribution is 5.87. The number of carbonyl (C=O) groups is 5. The minimum Gasteiger partial charge on any atom is -0.368 e. The fraction of sp³-hybridized carbons (Fsp3) is 0.881. The van der Waals surface area contributed by atoms with Gasteiger partial charge in [-0.25, -0.2) is 0 Å². The third-order valence-corrected chi connectivity index (χ3v) is 10.3. The molecule has 3 atom stereocenters. The van der Waals surface area contributed by atoms with Gasteiger partial charge in [-0.2, -0.15) is 0 Å². The lowest BCUT2D eigenvalue weighted by atomic mass is 10.0. The topological polar surface area (TPSA) is 264 Å². The predicted molar refractivity (Wildman–Crippen MR) is 228 cm³/mol. The lowest BCUT2D eigenvalue weighted by Crippen LogP contribution is -2.47. The Morgan fingerprint density at radius 3 is 1.14 bits per heavy atom. The van der Waals surface area contributed by atoms with E-state index in [4.69, 9.17) is 28.7 Å². The Hall–Kier alpha value is -2.81. The summed E-state index contributed by atoms with van der Waals surface area (Å²) in [5, 5.41) is 11.7. The summed E-state index contributed by atoms with van der Waals surface area (Å²) in [7, 11) is 0. The first kappa shape index (κ1) is 53.2. The predicted octanol–water partition coefficient (Wildman–Crippen LogP) is 4.19. The largest absolute Gasteiger partial charge is 0.368 e. The van der Waals surface area contributed by atoms with E-state index in [-0.39, 0.29) is 23.6 Å². The summed E-state index contributed by atoms with van der Waals surface area (Å²) < 4.78 is 0. The van der Waals surface area contributed by atoms with Crippen molar-refractivity contribution in [2.75, 3.05) is 32.7 Å². The van der Waals surface area contributed by atoms with Gasteiger partial charge in [0.2, 0.25) is 29.5 Å². The van der Waals surface area contributed by atoms with Gasteiger partial charge < -0.3 is 49.9 Å². The van der Waals surface area contributed by atoms with Crippen LogP contribution in [0.25, 0.3) is 0 Å². The maximum absolute atomic E-state index is 12.9. The molecule has 0 aromatic rings. The Morgan fingerprint density at radius 2 is 0.732 bits per heavy atom. The Labute approximate surface area is 339 Å². The van der Waals surface area contributed by atoms with E-state index < -0.39 is 24.0 Å². The lowest BCUT2D eigenvalue weighted by molar-refractivity contribution is -0.129. The molecule has 0 aromatic heterocycles. The quantitative estimate of drug-likeness (QED) is 0.0401. The van der Waals surface area contributed by atoms with Gasteiger partial charge in [0.15, 0.2) is 0 Å². The molecule has 0 bridgehead atoms. The molecule has 0 aromatic carbocycles. The van der Waals surface area contributed by atoms with Crippen LogP contribution in [0.15, 0.2) is 0 Å². The average Bonchev–Trinajstić information content (AvgIpc) is 3.17. The molecule has 5 amide bonds. The first-order valence-corrected chi connectivity index (χ1v) is 22.4. The fourth-order valence-corrected chi connectivity index (χ4v) is 6.69. The van der Waals surface area contributed by atoms with E-state index >= 15 is 0 Å². The van der Waals surface area contributed by atoms with Gasteiger partial charge in [0.05, 0.1) is 6.04 Å². The zero-order valence-electron chi connectivity index (χ0n) is 35.2. The van der Waals surface area contributed by atoms with Gasteiger partial charge in [-0.3, -0.25) is 24.0 Å². The smallest absolute Gasteiger partial charge is 0.242 e. The molecule has 0 aliphatic heterocycles. The molecule has 0 aliphatic carbocycles. The normalized spacial score (nSPS) is 12.8. The number of rotatable bonds is 41. The van der Waals surface area contributed by atoms with Gasteiger partial charge in [-0.1, -0.05) is 96.3 Å². The molecule has 0 unspecified atom stereocenters. The summed E-state index contributed by atoms with van der Waals surface area (Å²) in [6.45, 7) is 3.04. The number of unbranched alkanes of at least 4 members (excludes halogenated alkanes) is 19. The number of nitrogens with one attached hydrogen (secondary N) is 4. The van der Waals surface area contributed by atoms with Crippen LogP contribution < -0.4 is 49.9 Å². The Morgan fingerprint density at radius 1 is 0.393 bits per heavy atom. The zero-order valence-corrected chi connectivity index (χ0v) is 35.2. The van der Waals surface area contributed by atoms with Crippen molar-refractivity contribution in [1.82, 2.24) is 21.3 Å². The second kappa shape index (κ2) is 39.0. The van der Waals surface area contributed by atoms with E-state index in [1.54, 1.807) is 0 Å². The van der Waals surface area contributed by atoms with Gasteiger partial charge >= 0.3 is 0 Å². The number of nitrogens with two attached hydrogens (primary N) is 5. The maximum Gasteiger partial charge on any atom is 0.242 e. The molecule has 14 N–H and O–H groups in total. The number of hydrogen-bond donors (Lipinski definition) is 9. The molecule has 0 saturated carbocycles. The third-order valence-electron chi connectivity index (χ3n) is 10.3. The molecular weight excluding hydrogens is 711 g/mol. The van der Waals surface area contributed by atoms with E-state index in [0.29, 0.717) is 64.8 Å². The zero-order chi connectivity index (χ0) is 41.5. The highest BCUT2D eigenvalue weighted by atomic mass is 16.2. The van der Waals surface area contributed by atoms with E-state index in [1.807, 2.05) is 0 Å². The van der Waals surface area contributed by atoms with Crippen molar-refractivity contribution < 1.29 is 24.0 Å². The van der Waals surface area contributed by atoms with Crippen LogP contribution >= 0.6 is 0 Å². The molecule has 0 heterocycles. The first-order valence-electron chi connectivity index (χ1n) is 22.4. The average molecular weight is 796 g/mol. The van der Waals surface area contributed by atoms with E-state index in [1.165, 1.54) is 12.8 Å². The summed E-state index contributed by atoms with van der Waals surface area (Å²) in [4.78, 5) is 61.4. The molecule has 0 rings (SSSR count). The SMILES string of the molecule is NCCCC[C@H](NC(=O)CCCCCCCCCCCNC(=O)[C@H](CCCCN)NC(=O)CCCCCCCCCCCNC(=O)[C@@H](N)CCCCN)C(N)=O. The van der Waals surface area contributed by atoms with E-state index in [2.05, 4.69) is 21.3 Å². The molecule has 0 spiro atoms. The van der Waals surface area contributed by atoms with Crippen molar-refractivity contribution in [3.8, 4) is 0 Å². The van der Waals surface area contributed by atoms with E-state index in [0.717, 1.165) is 141 Å². The van der Waals surface area contributed by atoms with Crippen LogP contribution in [0.3, 0.4) is 0 Å². The molecular formula is C42H85N9O5. The Kier molecular flexibility index (Phi) is 37.1. The maximum atomic E-state index is 12.9. The van der Waals surface area contributed by atoms with Crippen LogP contribution in [0.2, 0.25) is 0 Å². The van der Waals surface area contributed by atoms with Crippen LogP contribution in [-0.4, -0.2) is 80.4 Å². The van der Waals surface area contributed by atoms with Crippen LogP contribution in [-0.2, 0) is 24.0 Å². The molecule has 0 aliphatic rings. The van der Waals surface area contributed by atoms with Gasteiger partial charge in [-0.05, 0) is 96.7 Å². The Balaban J connectivity index is 3.94. The number of amides is 5. The molecule has 328 valence electrons. The third kappa shape index (κ3) is 33.3. The van der Waals surface area contributed by atoms with Crippen molar-refractivity contribution in [2.24, 2.45) is 28.7 Å². The summed E-state index contributed by atoms with van der Waals surface area (Å²) in [6.07, 6.45) is 26.6. The minimum absolute atomic E-state index is 0.0597. The van der Waals surface area contributed by atoms with Crippen molar-refractivity contribution in [1.29, 1.82) is 0 Å². The van der Waals surface area contributed by atoms with Crippen molar-refractivity contribution >= 4 is 29.5 Å². The van der Waals surface area contributed by atoms with E-state index in [9.17, 15) is 24.0 Å². The molecule has 0 fully saturated rings. The number of carbonyl (C=O) groups excluding carboxylic acids is 5. The lowest BCUT2D eigenvalue weighted by Gasteiger charge is -2.18. The summed E-state index contributed by atoms with van der Waals surface area (Å²) in [6, 6.07) is -1.57. The van der Waals surface area contributed by atoms with Crippen LogP contribution in [0.5, 0.6) is 0 Å². The number of hydrogen-bond acceptors (Lipinski definition) is 9. The van der Waals surface area contributed by atoms with Gasteiger partial charge in [-0.15, -0.1) is 0 Å². The molecule has 0 radical (unpaired) electrons. The summed E-state index contributed by atoms with van der Waals surface area (Å²) in [5.41, 5.74) is 28.0. The first-order chi connectivity index (χ1) is 27.2. The molecule has 56 heavy (non-hydrogen) atoms. The van der Waals surface area contributed by atoms with Crippen LogP contribution in [0, 0.1) is 0 Å². The van der Waals surface area contributed by atoms with Crippen molar-refractivity contribution in [3.63, 3.8) is 0 Å². The molecule has 0 saturated heterocycles. The van der Waals surface area contributed by atoms with Gasteiger partial charge in [0, 0.05) is 25.9 Å². The number of primary amides is 1. The fourth-order valence-electron chi connectivity index (χ4n) is 6.69. The second-order valence-electron chi connectivity index (χ2n) is 15.5. The van der Waals surface area contributed by atoms with Crippen molar-refractivity contribution in [3.05, 3.63) is 0 Å². The minimum atomic E-state index is -0.613. The molecule has 14 heteroatoms. The summed E-state index contributed by atoms with van der Waals surface area (Å²) in [5.74, 6) is -0.843. The van der Waals surface area contributed by atoms with Gasteiger partial charge in [0.25, 0.3) is 0 Å². The van der Waals surface area contributed by atoms with Crippen LogP contribution in [0.1, 0.15) is 186 Å². The Bertz CT molecular complexity index is 1000.